The van der Waals surface area contributed by atoms with Gasteiger partial charge in [0.25, 0.3) is 0 Å². The molecule has 0 amide bonds. The molecule has 1 aliphatic heterocycles. The molecule has 120 valence electrons. The van der Waals surface area contributed by atoms with Crippen LogP contribution in [0.4, 0.5) is 5.69 Å². The Morgan fingerprint density at radius 2 is 1.46 bits per heavy atom. The van der Waals surface area contributed by atoms with Gasteiger partial charge in [0, 0.05) is 17.5 Å². The Morgan fingerprint density at radius 1 is 0.833 bits per heavy atom. The molecule has 1 aliphatic rings. The molecule has 0 unspecified atom stereocenters. The summed E-state index contributed by atoms with van der Waals surface area (Å²) in [5.74, 6) is -2.52. The topological polar surface area (TPSA) is 146 Å². The smallest absolute Gasteiger partial charge is 0.215 e. The minimum absolute atomic E-state index is 0.00943. The molecule has 0 radical (unpaired) electrons. The lowest BCUT2D eigenvalue weighted by Crippen LogP contribution is -2.11. The van der Waals surface area contributed by atoms with Crippen LogP contribution >= 0.6 is 0 Å². The van der Waals surface area contributed by atoms with E-state index in [1.807, 2.05) is 0 Å². The number of hydrogen-bond donors (Lipinski definition) is 6. The number of Topliss-reactive ketones (excluding diaryl/α,β-unsaturated/α-hetero) is 1. The van der Waals surface area contributed by atoms with Crippen molar-refractivity contribution in [1.29, 1.82) is 0 Å². The maximum Gasteiger partial charge on any atom is 0.215 e. The normalized spacial score (nSPS) is 13.3. The van der Waals surface area contributed by atoms with Crippen molar-refractivity contribution in [3.63, 3.8) is 0 Å². The maximum absolute atomic E-state index is 12.5. The highest BCUT2D eigenvalue weighted by Gasteiger charge is 2.31. The van der Waals surface area contributed by atoms with Gasteiger partial charge in [-0.15, -0.1) is 0 Å². The van der Waals surface area contributed by atoms with Crippen molar-refractivity contribution < 1.29 is 30.3 Å². The number of fused-ring (bicyclic) bond motifs is 2. The van der Waals surface area contributed by atoms with Gasteiger partial charge in [0.2, 0.25) is 5.78 Å². The fourth-order valence-corrected chi connectivity index (χ4v) is 2.68. The van der Waals surface area contributed by atoms with E-state index in [9.17, 15) is 30.3 Å². The number of ketones is 1. The van der Waals surface area contributed by atoms with Gasteiger partial charge in [0.1, 0.15) is 11.4 Å². The number of phenols is 4. The number of aromatic nitrogens is 1. The van der Waals surface area contributed by atoms with Gasteiger partial charge in [0.05, 0.1) is 16.8 Å². The average Bonchev–Trinajstić information content (AvgIpc) is 3.00. The van der Waals surface area contributed by atoms with E-state index >= 15 is 0 Å². The molecule has 0 atom stereocenters. The highest BCUT2D eigenvalue weighted by Crippen LogP contribution is 2.41. The summed E-state index contributed by atoms with van der Waals surface area (Å²) in [5.41, 5.74) is 0.450. The number of carbonyl (C=O) groups is 1. The van der Waals surface area contributed by atoms with Crippen LogP contribution in [0.15, 0.2) is 29.3 Å². The fourth-order valence-electron chi connectivity index (χ4n) is 2.68. The van der Waals surface area contributed by atoms with E-state index in [1.54, 1.807) is 0 Å². The summed E-state index contributed by atoms with van der Waals surface area (Å²) in [6, 6.07) is 4.61. The molecular formula is C16H10N2O6. The summed E-state index contributed by atoms with van der Waals surface area (Å²) in [7, 11) is 0. The minimum atomic E-state index is -0.546. The highest BCUT2D eigenvalue weighted by molar-refractivity contribution is 6.55. The molecule has 4 rings (SSSR count). The van der Waals surface area contributed by atoms with Gasteiger partial charge in [-0.3, -0.25) is 4.79 Å². The maximum atomic E-state index is 12.5. The fraction of sp³-hybridized carbons (Fsp3) is 0. The van der Waals surface area contributed by atoms with Gasteiger partial charge in [-0.05, 0) is 12.1 Å². The van der Waals surface area contributed by atoms with E-state index in [2.05, 4.69) is 9.98 Å². The van der Waals surface area contributed by atoms with Gasteiger partial charge < -0.3 is 30.5 Å². The first-order valence-corrected chi connectivity index (χ1v) is 6.83. The van der Waals surface area contributed by atoms with Crippen molar-refractivity contribution in [2.75, 3.05) is 0 Å². The van der Waals surface area contributed by atoms with Crippen LogP contribution in [0.2, 0.25) is 0 Å². The summed E-state index contributed by atoms with van der Waals surface area (Å²) in [4.78, 5) is 19.3. The minimum Gasteiger partial charge on any atom is -0.505 e. The van der Waals surface area contributed by atoms with Crippen LogP contribution in [-0.4, -0.2) is 42.0 Å². The molecule has 0 spiro atoms. The van der Waals surface area contributed by atoms with E-state index < -0.39 is 23.0 Å². The SMILES string of the molecule is O=C1C(c2[nH]c3cc(O)c(O)cc3c2O)=Nc2cc(O)c(O)cc21. The van der Waals surface area contributed by atoms with Gasteiger partial charge in [-0.25, -0.2) is 4.99 Å². The van der Waals surface area contributed by atoms with Crippen molar-refractivity contribution in [3.05, 3.63) is 35.5 Å². The van der Waals surface area contributed by atoms with Gasteiger partial charge in [-0.1, -0.05) is 0 Å². The molecule has 0 bridgehead atoms. The van der Waals surface area contributed by atoms with Crippen molar-refractivity contribution in [2.45, 2.75) is 0 Å². The molecule has 6 N–H and O–H groups in total. The average molecular weight is 326 g/mol. The number of aliphatic imine (C=N–C) groups is 1. The number of hydrogen-bond acceptors (Lipinski definition) is 7. The molecule has 0 fully saturated rings. The number of carbonyl (C=O) groups excluding carboxylic acids is 1. The molecule has 24 heavy (non-hydrogen) atoms. The van der Waals surface area contributed by atoms with Gasteiger partial charge >= 0.3 is 0 Å². The number of rotatable bonds is 1. The lowest BCUT2D eigenvalue weighted by Gasteiger charge is -2.00. The molecule has 1 aromatic heterocycles. The van der Waals surface area contributed by atoms with Crippen LogP contribution in [0.1, 0.15) is 16.1 Å². The Balaban J connectivity index is 1.91. The second-order valence-electron chi connectivity index (χ2n) is 5.38. The number of benzene rings is 2. The molecular weight excluding hydrogens is 316 g/mol. The van der Waals surface area contributed by atoms with Gasteiger partial charge in [-0.2, -0.15) is 0 Å². The quantitative estimate of drug-likeness (QED) is 0.377. The summed E-state index contributed by atoms with van der Waals surface area (Å²) in [5, 5.41) is 48.6. The number of aromatic amines is 1. The largest absolute Gasteiger partial charge is 0.505 e. The molecule has 0 saturated carbocycles. The van der Waals surface area contributed by atoms with Crippen LogP contribution < -0.4 is 0 Å². The second-order valence-corrected chi connectivity index (χ2v) is 5.38. The molecule has 0 aliphatic carbocycles. The summed E-state index contributed by atoms with van der Waals surface area (Å²) in [6.07, 6.45) is 0. The van der Waals surface area contributed by atoms with Crippen molar-refractivity contribution in [3.8, 4) is 28.7 Å². The zero-order valence-electron chi connectivity index (χ0n) is 11.9. The number of nitrogens with zero attached hydrogens (tertiary/aromatic N) is 1. The number of aromatic hydroxyl groups is 5. The first kappa shape index (κ1) is 13.9. The standard InChI is InChI=1S/C16H10N2O6/c19-9-1-5-7(3-11(9)21)17-13(15(5)23)14-16(24)6-2-10(20)12(22)4-8(6)18-14/h1-4,17,19-23H. The third-order valence-electron chi connectivity index (χ3n) is 3.89. The van der Waals surface area contributed by atoms with E-state index in [4.69, 9.17) is 0 Å². The van der Waals surface area contributed by atoms with Crippen molar-refractivity contribution in [1.82, 2.24) is 4.98 Å². The van der Waals surface area contributed by atoms with E-state index in [0.717, 1.165) is 18.2 Å². The third kappa shape index (κ3) is 1.73. The van der Waals surface area contributed by atoms with Crippen LogP contribution in [0.3, 0.4) is 0 Å². The summed E-state index contributed by atoms with van der Waals surface area (Å²) in [6.45, 7) is 0. The molecule has 3 aromatic rings. The number of H-pyrrole nitrogens is 1. The predicted octanol–water partition coefficient (Wildman–Crippen LogP) is 2.01. The zero-order chi connectivity index (χ0) is 17.2. The molecule has 2 heterocycles. The Labute approximate surface area is 133 Å². The number of nitrogens with one attached hydrogen (secondary N) is 1. The zero-order valence-corrected chi connectivity index (χ0v) is 11.9. The van der Waals surface area contributed by atoms with Crippen LogP contribution in [0, 0.1) is 0 Å². The Kier molecular flexibility index (Phi) is 2.57. The van der Waals surface area contributed by atoms with Crippen LogP contribution in [0.5, 0.6) is 28.7 Å². The molecule has 2 aromatic carbocycles. The Bertz CT molecular complexity index is 1080. The first-order valence-electron chi connectivity index (χ1n) is 6.83. The first-order chi connectivity index (χ1) is 11.4. The van der Waals surface area contributed by atoms with E-state index in [1.165, 1.54) is 6.07 Å². The summed E-state index contributed by atoms with van der Waals surface area (Å²) >= 11 is 0. The monoisotopic (exact) mass is 326 g/mol. The predicted molar refractivity (Wildman–Crippen MR) is 83.6 cm³/mol. The summed E-state index contributed by atoms with van der Waals surface area (Å²) < 4.78 is 0. The van der Waals surface area contributed by atoms with Crippen LogP contribution in [0.25, 0.3) is 10.9 Å². The lowest BCUT2D eigenvalue weighted by molar-refractivity contribution is 0.106. The highest BCUT2D eigenvalue weighted by atomic mass is 16.3. The Hall–Kier alpha value is -3.68. The second kappa shape index (κ2) is 4.42. The number of phenolic OH excluding ortho intramolecular Hbond substituents is 4. The van der Waals surface area contributed by atoms with E-state index in [-0.39, 0.29) is 39.5 Å². The lowest BCUT2D eigenvalue weighted by atomic mass is 10.1. The van der Waals surface area contributed by atoms with Crippen LogP contribution in [-0.2, 0) is 0 Å². The van der Waals surface area contributed by atoms with Crippen molar-refractivity contribution >= 4 is 28.1 Å². The Morgan fingerprint density at radius 3 is 2.21 bits per heavy atom. The molecule has 8 nitrogen and oxygen atoms in total. The molecule has 0 saturated heterocycles. The van der Waals surface area contributed by atoms with Gasteiger partial charge in [0.15, 0.2) is 28.7 Å². The van der Waals surface area contributed by atoms with E-state index in [0.29, 0.717) is 5.52 Å². The molecule has 8 heteroatoms. The van der Waals surface area contributed by atoms with Crippen molar-refractivity contribution in [2.24, 2.45) is 4.99 Å². The third-order valence-corrected chi connectivity index (χ3v) is 3.89.